The second-order valence-electron chi connectivity index (χ2n) is 6.83. The van der Waals surface area contributed by atoms with Gasteiger partial charge in [0.2, 0.25) is 5.91 Å². The van der Waals surface area contributed by atoms with Gasteiger partial charge in [-0.05, 0) is 61.7 Å². The Bertz CT molecular complexity index is 902. The molecule has 0 N–H and O–H groups in total. The van der Waals surface area contributed by atoms with Gasteiger partial charge in [-0.15, -0.1) is 0 Å². The molecule has 2 aromatic carbocycles. The van der Waals surface area contributed by atoms with Gasteiger partial charge in [-0.25, -0.2) is 12.8 Å². The topological polar surface area (TPSA) is 63.7 Å². The summed E-state index contributed by atoms with van der Waals surface area (Å²) < 4.78 is 43.9. The van der Waals surface area contributed by atoms with Crippen LogP contribution in [0.4, 0.5) is 4.39 Å². The van der Waals surface area contributed by atoms with E-state index in [-0.39, 0.29) is 17.2 Å². The van der Waals surface area contributed by atoms with Crippen LogP contribution in [-0.4, -0.2) is 44.2 Å². The molecule has 1 aliphatic heterocycles. The summed E-state index contributed by atoms with van der Waals surface area (Å²) in [5.41, 5.74) is 0.898. The van der Waals surface area contributed by atoms with E-state index < -0.39 is 20.9 Å². The summed E-state index contributed by atoms with van der Waals surface area (Å²) in [6, 6.07) is 12.3. The molecule has 0 aliphatic carbocycles. The summed E-state index contributed by atoms with van der Waals surface area (Å²) in [6.45, 7) is 3.31. The molecule has 1 amide bonds. The molecular weight excluding hydrogens is 381 g/mol. The molecule has 150 valence electrons. The lowest BCUT2D eigenvalue weighted by atomic mass is 10.1. The van der Waals surface area contributed by atoms with Gasteiger partial charge >= 0.3 is 0 Å². The molecule has 0 atom stereocenters. The molecule has 1 heterocycles. The minimum absolute atomic E-state index is 0.0122. The van der Waals surface area contributed by atoms with Crippen molar-refractivity contribution in [2.75, 3.05) is 19.7 Å². The molecule has 0 bridgehead atoms. The molecule has 1 aliphatic rings. The third kappa shape index (κ3) is 4.70. The SMILES string of the molecule is CCOc1ccc(CC(=O)N2CCC(S(=O)(=O)c3ccc(F)cc3)CC2)cc1. The van der Waals surface area contributed by atoms with Crippen LogP contribution in [0.15, 0.2) is 53.4 Å². The van der Waals surface area contributed by atoms with Crippen LogP contribution in [0.25, 0.3) is 0 Å². The monoisotopic (exact) mass is 405 g/mol. The van der Waals surface area contributed by atoms with E-state index in [1.807, 2.05) is 31.2 Å². The van der Waals surface area contributed by atoms with Crippen molar-refractivity contribution in [1.82, 2.24) is 4.90 Å². The normalized spacial score (nSPS) is 15.4. The second-order valence-corrected chi connectivity index (χ2v) is 9.06. The predicted octanol–water partition coefficient (Wildman–Crippen LogP) is 3.23. The Labute approximate surface area is 165 Å². The maximum atomic E-state index is 13.1. The average Bonchev–Trinajstić information content (AvgIpc) is 2.70. The number of nitrogens with zero attached hydrogens (tertiary/aromatic N) is 1. The lowest BCUT2D eigenvalue weighted by Gasteiger charge is -2.32. The summed E-state index contributed by atoms with van der Waals surface area (Å²) >= 11 is 0. The van der Waals surface area contributed by atoms with Gasteiger partial charge in [0.1, 0.15) is 11.6 Å². The second kappa shape index (κ2) is 8.73. The predicted molar refractivity (Wildman–Crippen MR) is 105 cm³/mol. The van der Waals surface area contributed by atoms with Crippen LogP contribution in [0.5, 0.6) is 5.75 Å². The zero-order chi connectivity index (χ0) is 20.1. The van der Waals surface area contributed by atoms with Crippen molar-refractivity contribution < 1.29 is 22.3 Å². The van der Waals surface area contributed by atoms with Crippen molar-refractivity contribution in [2.45, 2.75) is 36.3 Å². The fourth-order valence-corrected chi connectivity index (χ4v) is 5.12. The average molecular weight is 405 g/mol. The maximum absolute atomic E-state index is 13.1. The van der Waals surface area contributed by atoms with Crippen molar-refractivity contribution in [2.24, 2.45) is 0 Å². The number of sulfone groups is 1. The van der Waals surface area contributed by atoms with Crippen molar-refractivity contribution in [3.63, 3.8) is 0 Å². The number of benzene rings is 2. The van der Waals surface area contributed by atoms with E-state index in [9.17, 15) is 17.6 Å². The highest BCUT2D eigenvalue weighted by molar-refractivity contribution is 7.92. The minimum atomic E-state index is -3.52. The Kier molecular flexibility index (Phi) is 6.34. The highest BCUT2D eigenvalue weighted by atomic mass is 32.2. The lowest BCUT2D eigenvalue weighted by Crippen LogP contribution is -2.43. The zero-order valence-corrected chi connectivity index (χ0v) is 16.6. The van der Waals surface area contributed by atoms with Crippen LogP contribution in [0, 0.1) is 5.82 Å². The number of rotatable bonds is 6. The Morgan fingerprint density at radius 3 is 2.25 bits per heavy atom. The van der Waals surface area contributed by atoms with E-state index in [0.29, 0.717) is 32.5 Å². The smallest absolute Gasteiger partial charge is 0.226 e. The first-order valence-corrected chi connectivity index (χ1v) is 10.9. The summed E-state index contributed by atoms with van der Waals surface area (Å²) in [4.78, 5) is 14.4. The number of ether oxygens (including phenoxy) is 1. The quantitative estimate of drug-likeness (QED) is 0.692. The van der Waals surface area contributed by atoms with E-state index >= 15 is 0 Å². The van der Waals surface area contributed by atoms with Crippen molar-refractivity contribution in [3.8, 4) is 5.75 Å². The van der Waals surface area contributed by atoms with Crippen molar-refractivity contribution in [1.29, 1.82) is 0 Å². The lowest BCUT2D eigenvalue weighted by molar-refractivity contribution is -0.131. The minimum Gasteiger partial charge on any atom is -0.494 e. The molecule has 7 heteroatoms. The van der Waals surface area contributed by atoms with Gasteiger partial charge in [0, 0.05) is 13.1 Å². The first kappa shape index (κ1) is 20.3. The first-order chi connectivity index (χ1) is 13.4. The van der Waals surface area contributed by atoms with E-state index in [4.69, 9.17) is 4.74 Å². The Morgan fingerprint density at radius 2 is 1.68 bits per heavy atom. The summed E-state index contributed by atoms with van der Waals surface area (Å²) in [5, 5.41) is -0.549. The van der Waals surface area contributed by atoms with Crippen molar-refractivity contribution in [3.05, 3.63) is 59.9 Å². The Balaban J connectivity index is 1.57. The molecule has 2 aromatic rings. The largest absolute Gasteiger partial charge is 0.494 e. The fourth-order valence-electron chi connectivity index (χ4n) is 3.39. The number of amides is 1. The van der Waals surface area contributed by atoms with E-state index in [2.05, 4.69) is 0 Å². The number of piperidine rings is 1. The molecule has 5 nitrogen and oxygen atoms in total. The van der Waals surface area contributed by atoms with E-state index in [0.717, 1.165) is 23.4 Å². The summed E-state index contributed by atoms with van der Waals surface area (Å²) in [7, 11) is -3.52. The van der Waals surface area contributed by atoms with Gasteiger partial charge < -0.3 is 9.64 Å². The third-order valence-corrected chi connectivity index (χ3v) is 7.24. The zero-order valence-electron chi connectivity index (χ0n) is 15.8. The van der Waals surface area contributed by atoms with Crippen LogP contribution in [-0.2, 0) is 21.1 Å². The number of hydrogen-bond donors (Lipinski definition) is 0. The van der Waals surface area contributed by atoms with E-state index in [1.54, 1.807) is 4.90 Å². The maximum Gasteiger partial charge on any atom is 0.226 e. The van der Waals surface area contributed by atoms with Crippen LogP contribution < -0.4 is 4.74 Å². The highest BCUT2D eigenvalue weighted by Crippen LogP contribution is 2.25. The van der Waals surface area contributed by atoms with Gasteiger partial charge in [-0.1, -0.05) is 12.1 Å². The number of hydrogen-bond acceptors (Lipinski definition) is 4. The molecule has 28 heavy (non-hydrogen) atoms. The molecule has 1 saturated heterocycles. The molecule has 0 saturated carbocycles. The van der Waals surface area contributed by atoms with Crippen molar-refractivity contribution >= 4 is 15.7 Å². The number of halogens is 1. The third-order valence-electron chi connectivity index (χ3n) is 4.97. The molecule has 0 spiro atoms. The highest BCUT2D eigenvalue weighted by Gasteiger charge is 2.32. The standard InChI is InChI=1S/C21H24FNO4S/c1-2-27-18-7-3-16(4-8-18)15-21(24)23-13-11-20(12-14-23)28(25,26)19-9-5-17(22)6-10-19/h3-10,20H,2,11-15H2,1H3. The molecular formula is C21H24FNO4S. The summed E-state index contributed by atoms with van der Waals surface area (Å²) in [6.07, 6.45) is 1.05. The molecule has 3 rings (SSSR count). The molecule has 1 fully saturated rings. The molecule has 0 radical (unpaired) electrons. The van der Waals surface area contributed by atoms with Crippen LogP contribution in [0.1, 0.15) is 25.3 Å². The van der Waals surface area contributed by atoms with Crippen LogP contribution in [0.3, 0.4) is 0 Å². The Hall–Kier alpha value is -2.41. The number of likely N-dealkylation sites (tertiary alicyclic amines) is 1. The van der Waals surface area contributed by atoms with Gasteiger partial charge in [0.25, 0.3) is 0 Å². The van der Waals surface area contributed by atoms with Gasteiger partial charge in [-0.3, -0.25) is 4.79 Å². The summed E-state index contributed by atoms with van der Waals surface area (Å²) in [5.74, 6) is 0.293. The molecule has 0 unspecified atom stereocenters. The molecule has 0 aromatic heterocycles. The first-order valence-electron chi connectivity index (χ1n) is 9.39. The fraction of sp³-hybridized carbons (Fsp3) is 0.381. The number of carbonyl (C=O) groups excluding carboxylic acids is 1. The van der Waals surface area contributed by atoms with Crippen LogP contribution >= 0.6 is 0 Å². The van der Waals surface area contributed by atoms with Gasteiger partial charge in [0.05, 0.1) is 23.2 Å². The Morgan fingerprint density at radius 1 is 1.07 bits per heavy atom. The van der Waals surface area contributed by atoms with Gasteiger partial charge in [-0.2, -0.15) is 0 Å². The van der Waals surface area contributed by atoms with Crippen LogP contribution in [0.2, 0.25) is 0 Å². The number of carbonyl (C=O) groups is 1. The van der Waals surface area contributed by atoms with E-state index in [1.165, 1.54) is 12.1 Å². The van der Waals surface area contributed by atoms with Gasteiger partial charge in [0.15, 0.2) is 9.84 Å².